The van der Waals surface area contributed by atoms with E-state index in [9.17, 15) is 22.8 Å². The first-order chi connectivity index (χ1) is 11.7. The van der Waals surface area contributed by atoms with Gasteiger partial charge in [0.05, 0.1) is 11.5 Å². The second-order valence-electron chi connectivity index (χ2n) is 7.03. The topological polar surface area (TPSA) is 57.6 Å². The molecule has 1 N–H and O–H groups in total. The molecule has 7 heteroatoms. The zero-order chi connectivity index (χ0) is 18.4. The molecule has 25 heavy (non-hydrogen) atoms. The minimum Gasteiger partial charge on any atom is -0.481 e. The van der Waals surface area contributed by atoms with E-state index in [1.165, 1.54) is 6.07 Å². The van der Waals surface area contributed by atoms with Gasteiger partial charge >= 0.3 is 12.1 Å². The first kappa shape index (κ1) is 17.8. The van der Waals surface area contributed by atoms with Crippen LogP contribution >= 0.6 is 0 Å². The Kier molecular flexibility index (Phi) is 4.51. The SMILES string of the molecule is CC(CN(C(=O)C1CC1c1cccc(C(F)(F)F)c1)C1CC1)C(=O)O. The first-order valence-corrected chi connectivity index (χ1v) is 8.39. The maximum Gasteiger partial charge on any atom is 0.416 e. The lowest BCUT2D eigenvalue weighted by Gasteiger charge is -2.24. The average Bonchev–Trinajstić information content (AvgIpc) is 3.44. The number of amides is 1. The third kappa shape index (κ3) is 3.96. The monoisotopic (exact) mass is 355 g/mol. The predicted octanol–water partition coefficient (Wildman–Crippen LogP) is 3.52. The molecule has 3 rings (SSSR count). The Morgan fingerprint density at radius 1 is 1.32 bits per heavy atom. The average molecular weight is 355 g/mol. The van der Waals surface area contributed by atoms with E-state index >= 15 is 0 Å². The molecule has 1 amide bonds. The predicted molar refractivity (Wildman–Crippen MR) is 83.8 cm³/mol. The summed E-state index contributed by atoms with van der Waals surface area (Å²) in [5, 5.41) is 9.06. The van der Waals surface area contributed by atoms with Gasteiger partial charge in [-0.15, -0.1) is 0 Å². The van der Waals surface area contributed by atoms with Crippen molar-refractivity contribution in [2.75, 3.05) is 6.54 Å². The van der Waals surface area contributed by atoms with Crippen LogP contribution in [0.4, 0.5) is 13.2 Å². The zero-order valence-electron chi connectivity index (χ0n) is 13.8. The summed E-state index contributed by atoms with van der Waals surface area (Å²) in [5.41, 5.74) is -0.183. The van der Waals surface area contributed by atoms with Crippen LogP contribution in [-0.2, 0) is 15.8 Å². The van der Waals surface area contributed by atoms with Crippen molar-refractivity contribution in [3.63, 3.8) is 0 Å². The molecule has 2 aliphatic rings. The molecule has 2 aliphatic carbocycles. The fourth-order valence-corrected chi connectivity index (χ4v) is 3.17. The lowest BCUT2D eigenvalue weighted by Crippen LogP contribution is -2.39. The smallest absolute Gasteiger partial charge is 0.416 e. The molecule has 0 bridgehead atoms. The van der Waals surface area contributed by atoms with Crippen molar-refractivity contribution in [1.29, 1.82) is 0 Å². The number of aliphatic carboxylic acids is 1. The van der Waals surface area contributed by atoms with Gasteiger partial charge in [-0.1, -0.05) is 25.1 Å². The van der Waals surface area contributed by atoms with Gasteiger partial charge in [0.15, 0.2) is 0 Å². The van der Waals surface area contributed by atoms with Gasteiger partial charge in [-0.25, -0.2) is 0 Å². The summed E-state index contributed by atoms with van der Waals surface area (Å²) in [4.78, 5) is 25.4. The number of hydrogen-bond donors (Lipinski definition) is 1. The largest absolute Gasteiger partial charge is 0.481 e. The number of nitrogens with zero attached hydrogens (tertiary/aromatic N) is 1. The van der Waals surface area contributed by atoms with Gasteiger partial charge < -0.3 is 10.0 Å². The van der Waals surface area contributed by atoms with E-state index in [-0.39, 0.29) is 30.3 Å². The van der Waals surface area contributed by atoms with Crippen LogP contribution in [0.2, 0.25) is 0 Å². The van der Waals surface area contributed by atoms with Gasteiger partial charge in [0.1, 0.15) is 0 Å². The van der Waals surface area contributed by atoms with E-state index in [2.05, 4.69) is 0 Å². The number of carboxylic acids is 1. The molecule has 0 aromatic heterocycles. The van der Waals surface area contributed by atoms with Gasteiger partial charge in [-0.2, -0.15) is 13.2 Å². The molecule has 3 unspecified atom stereocenters. The Hall–Kier alpha value is -2.05. The van der Waals surface area contributed by atoms with Crippen molar-refractivity contribution in [1.82, 2.24) is 4.90 Å². The summed E-state index contributed by atoms with van der Waals surface area (Å²) < 4.78 is 38.5. The fraction of sp³-hybridized carbons (Fsp3) is 0.556. The fourth-order valence-electron chi connectivity index (χ4n) is 3.17. The third-order valence-electron chi connectivity index (χ3n) is 4.91. The van der Waals surface area contributed by atoms with Crippen molar-refractivity contribution >= 4 is 11.9 Å². The van der Waals surface area contributed by atoms with E-state index in [1.54, 1.807) is 17.9 Å². The molecule has 2 fully saturated rings. The summed E-state index contributed by atoms with van der Waals surface area (Å²) in [6, 6.07) is 5.20. The number of rotatable bonds is 6. The lowest BCUT2D eigenvalue weighted by atomic mass is 10.0. The van der Waals surface area contributed by atoms with Crippen molar-refractivity contribution in [3.05, 3.63) is 35.4 Å². The number of halogens is 3. The molecule has 2 saturated carbocycles. The number of hydrogen-bond acceptors (Lipinski definition) is 2. The van der Waals surface area contributed by atoms with Gasteiger partial charge in [0, 0.05) is 18.5 Å². The number of benzene rings is 1. The Labute approximate surface area is 143 Å². The van der Waals surface area contributed by atoms with Gasteiger partial charge in [0.25, 0.3) is 0 Å². The van der Waals surface area contributed by atoms with Crippen molar-refractivity contribution in [2.24, 2.45) is 11.8 Å². The molecule has 1 aromatic rings. The van der Waals surface area contributed by atoms with Crippen LogP contribution in [-0.4, -0.2) is 34.5 Å². The van der Waals surface area contributed by atoms with E-state index in [0.29, 0.717) is 12.0 Å². The van der Waals surface area contributed by atoms with Crippen LogP contribution in [0.3, 0.4) is 0 Å². The molecule has 136 valence electrons. The van der Waals surface area contributed by atoms with Crippen LogP contribution in [0.15, 0.2) is 24.3 Å². The molecule has 0 aliphatic heterocycles. The van der Waals surface area contributed by atoms with Crippen LogP contribution < -0.4 is 0 Å². The van der Waals surface area contributed by atoms with Crippen LogP contribution in [0.1, 0.15) is 43.2 Å². The van der Waals surface area contributed by atoms with Crippen LogP contribution in [0.25, 0.3) is 0 Å². The summed E-state index contributed by atoms with van der Waals surface area (Å²) in [7, 11) is 0. The van der Waals surface area contributed by atoms with E-state index in [4.69, 9.17) is 5.11 Å². The van der Waals surface area contributed by atoms with E-state index in [1.807, 2.05) is 0 Å². The van der Waals surface area contributed by atoms with Crippen LogP contribution in [0.5, 0.6) is 0 Å². The second-order valence-corrected chi connectivity index (χ2v) is 7.03. The highest BCUT2D eigenvalue weighted by atomic mass is 19.4. The Morgan fingerprint density at radius 2 is 2.00 bits per heavy atom. The highest BCUT2D eigenvalue weighted by Crippen LogP contribution is 2.50. The highest BCUT2D eigenvalue weighted by Gasteiger charge is 2.49. The minimum absolute atomic E-state index is 0.0806. The van der Waals surface area contributed by atoms with Gasteiger partial charge in [0.2, 0.25) is 5.91 Å². The first-order valence-electron chi connectivity index (χ1n) is 8.39. The maximum atomic E-state index is 12.8. The number of carboxylic acid groups (broad SMARTS) is 1. The van der Waals surface area contributed by atoms with Crippen molar-refractivity contribution in [3.8, 4) is 0 Å². The molecular formula is C18H20F3NO3. The van der Waals surface area contributed by atoms with Crippen LogP contribution in [0, 0.1) is 11.8 Å². The highest BCUT2D eigenvalue weighted by molar-refractivity contribution is 5.84. The number of alkyl halides is 3. The summed E-state index contributed by atoms with van der Waals surface area (Å²) in [6.07, 6.45) is -2.16. The quantitative estimate of drug-likeness (QED) is 0.849. The summed E-state index contributed by atoms with van der Waals surface area (Å²) >= 11 is 0. The number of carbonyl (C=O) groups excluding carboxylic acids is 1. The molecular weight excluding hydrogens is 335 g/mol. The van der Waals surface area contributed by atoms with Gasteiger partial charge in [-0.05, 0) is 36.8 Å². The van der Waals surface area contributed by atoms with E-state index < -0.39 is 23.6 Å². The Bertz CT molecular complexity index is 684. The maximum absolute atomic E-state index is 12.8. The lowest BCUT2D eigenvalue weighted by molar-refractivity contribution is -0.143. The molecule has 0 radical (unpaired) electrons. The molecule has 3 atom stereocenters. The zero-order valence-corrected chi connectivity index (χ0v) is 13.8. The van der Waals surface area contributed by atoms with Gasteiger partial charge in [-0.3, -0.25) is 9.59 Å². The molecule has 1 aromatic carbocycles. The Balaban J connectivity index is 1.69. The molecule has 4 nitrogen and oxygen atoms in total. The second kappa shape index (κ2) is 6.35. The molecule has 0 spiro atoms. The van der Waals surface area contributed by atoms with E-state index in [0.717, 1.165) is 25.0 Å². The molecule has 0 saturated heterocycles. The Morgan fingerprint density at radius 3 is 2.56 bits per heavy atom. The van der Waals surface area contributed by atoms with Crippen molar-refractivity contribution < 1.29 is 27.9 Å². The third-order valence-corrected chi connectivity index (χ3v) is 4.91. The summed E-state index contributed by atoms with van der Waals surface area (Å²) in [6.45, 7) is 1.72. The summed E-state index contributed by atoms with van der Waals surface area (Å²) in [5.74, 6) is -2.29. The van der Waals surface area contributed by atoms with Crippen molar-refractivity contribution in [2.45, 2.75) is 44.3 Å². The molecule has 0 heterocycles. The number of carbonyl (C=O) groups is 2. The standard InChI is InChI=1S/C18H20F3NO3/c1-10(17(24)25)9-22(13-5-6-13)16(23)15-8-14(15)11-3-2-4-12(7-11)18(19,20)21/h2-4,7,10,13-15H,5-6,8-9H2,1H3,(H,24,25). The minimum atomic E-state index is -4.40. The normalized spacial score (nSPS) is 23.8.